The Kier molecular flexibility index (Phi) is 7.58. The van der Waals surface area contributed by atoms with Crippen molar-refractivity contribution in [3.05, 3.63) is 65.2 Å². The Labute approximate surface area is 177 Å². The molecule has 0 saturated carbocycles. The van der Waals surface area contributed by atoms with Gasteiger partial charge in [-0.15, -0.1) is 0 Å². The molecule has 0 aromatic heterocycles. The predicted molar refractivity (Wildman–Crippen MR) is 120 cm³/mol. The summed E-state index contributed by atoms with van der Waals surface area (Å²) in [5.41, 5.74) is 4.09. The van der Waals surface area contributed by atoms with Crippen molar-refractivity contribution in [2.24, 2.45) is 0 Å². The predicted octanol–water partition coefficient (Wildman–Crippen LogP) is 4.03. The van der Waals surface area contributed by atoms with Gasteiger partial charge in [-0.2, -0.15) is 11.8 Å². The van der Waals surface area contributed by atoms with Crippen molar-refractivity contribution in [2.75, 3.05) is 37.0 Å². The number of carbonyl (C=O) groups is 2. The van der Waals surface area contributed by atoms with Crippen LogP contribution in [0.4, 0.5) is 10.5 Å². The summed E-state index contributed by atoms with van der Waals surface area (Å²) >= 11 is 1.90. The number of hydrogen-bond acceptors (Lipinski definition) is 3. The zero-order chi connectivity index (χ0) is 20.6. The van der Waals surface area contributed by atoms with Gasteiger partial charge in [0.05, 0.1) is 6.42 Å². The first kappa shape index (κ1) is 21.2. The van der Waals surface area contributed by atoms with Gasteiger partial charge in [0.15, 0.2) is 0 Å². The van der Waals surface area contributed by atoms with Crippen LogP contribution in [0.5, 0.6) is 0 Å². The molecule has 2 aromatic carbocycles. The largest absolute Gasteiger partial charge is 0.341 e. The number of aryl methyl sites for hydroxylation is 1. The van der Waals surface area contributed by atoms with Gasteiger partial charge in [-0.3, -0.25) is 4.79 Å². The van der Waals surface area contributed by atoms with Gasteiger partial charge in [-0.1, -0.05) is 43.3 Å². The average Bonchev–Trinajstić information content (AvgIpc) is 2.76. The third kappa shape index (κ3) is 6.26. The Morgan fingerprint density at radius 1 is 0.966 bits per heavy atom. The van der Waals surface area contributed by atoms with Crippen LogP contribution < -0.4 is 5.32 Å². The Morgan fingerprint density at radius 2 is 1.55 bits per heavy atom. The molecular formula is C23H29N3O2S. The molecule has 0 radical (unpaired) electrons. The molecular weight excluding hydrogens is 382 g/mol. The molecule has 3 rings (SSSR count). The highest BCUT2D eigenvalue weighted by molar-refractivity contribution is 7.99. The Hall–Kier alpha value is -2.47. The van der Waals surface area contributed by atoms with Gasteiger partial charge in [0, 0.05) is 43.9 Å². The number of nitrogens with zero attached hydrogens (tertiary/aromatic N) is 2. The summed E-state index contributed by atoms with van der Waals surface area (Å²) in [5, 5.41) is 2.92. The summed E-state index contributed by atoms with van der Waals surface area (Å²) in [7, 11) is 1.78. The molecule has 1 saturated heterocycles. The van der Waals surface area contributed by atoms with E-state index in [1.807, 2.05) is 40.9 Å². The van der Waals surface area contributed by atoms with E-state index in [1.54, 1.807) is 11.9 Å². The molecule has 1 heterocycles. The monoisotopic (exact) mass is 411 g/mol. The number of urea groups is 1. The lowest BCUT2D eigenvalue weighted by Crippen LogP contribution is -2.38. The van der Waals surface area contributed by atoms with Gasteiger partial charge in [-0.25, -0.2) is 4.79 Å². The first-order chi connectivity index (χ1) is 14.0. The summed E-state index contributed by atoms with van der Waals surface area (Å²) in [6.45, 7) is 4.36. The van der Waals surface area contributed by atoms with Crippen molar-refractivity contribution in [1.82, 2.24) is 9.80 Å². The van der Waals surface area contributed by atoms with Crippen LogP contribution in [0.3, 0.4) is 0 Å². The maximum absolute atomic E-state index is 12.5. The summed E-state index contributed by atoms with van der Waals surface area (Å²) < 4.78 is 0. The number of carbonyl (C=O) groups excluding carboxylic acids is 2. The minimum atomic E-state index is -0.154. The van der Waals surface area contributed by atoms with E-state index in [0.717, 1.165) is 47.8 Å². The summed E-state index contributed by atoms with van der Waals surface area (Å²) in [4.78, 5) is 28.4. The molecule has 1 N–H and O–H groups in total. The normalized spacial score (nSPS) is 13.8. The highest BCUT2D eigenvalue weighted by atomic mass is 32.2. The van der Waals surface area contributed by atoms with Crippen LogP contribution in [-0.4, -0.2) is 53.4 Å². The fourth-order valence-electron chi connectivity index (χ4n) is 3.25. The molecule has 1 aliphatic rings. The second kappa shape index (κ2) is 10.3. The summed E-state index contributed by atoms with van der Waals surface area (Å²) in [6, 6.07) is 15.7. The molecule has 5 nitrogen and oxygen atoms in total. The quantitative estimate of drug-likeness (QED) is 0.781. The number of amides is 3. The smallest absolute Gasteiger partial charge is 0.321 e. The zero-order valence-electron chi connectivity index (χ0n) is 17.2. The van der Waals surface area contributed by atoms with Crippen LogP contribution in [0.2, 0.25) is 0 Å². The van der Waals surface area contributed by atoms with E-state index in [9.17, 15) is 9.59 Å². The molecule has 0 aliphatic carbocycles. The Balaban J connectivity index is 1.50. The molecule has 154 valence electrons. The van der Waals surface area contributed by atoms with Crippen LogP contribution in [0.15, 0.2) is 48.5 Å². The number of thioether (sulfide) groups is 1. The SMILES string of the molecule is CCc1ccc(CN(C)C(=O)Nc2ccc(CC(=O)N3CCSCC3)cc2)cc1. The number of anilines is 1. The standard InChI is InChI=1S/C23H29N3O2S/c1-3-18-4-6-20(7-5-18)17-25(2)23(28)24-21-10-8-19(9-11-21)16-22(27)26-12-14-29-15-13-26/h4-11H,3,12-17H2,1-2H3,(H,24,28). The van der Waals surface area contributed by atoms with E-state index < -0.39 is 0 Å². The van der Waals surface area contributed by atoms with Gasteiger partial charge < -0.3 is 15.1 Å². The van der Waals surface area contributed by atoms with E-state index in [2.05, 4.69) is 36.5 Å². The molecule has 1 aliphatic heterocycles. The van der Waals surface area contributed by atoms with Crippen LogP contribution >= 0.6 is 11.8 Å². The van der Waals surface area contributed by atoms with E-state index in [4.69, 9.17) is 0 Å². The van der Waals surface area contributed by atoms with Gasteiger partial charge in [-0.05, 0) is 35.2 Å². The third-order valence-electron chi connectivity index (χ3n) is 5.12. The second-order valence-corrected chi connectivity index (χ2v) is 8.55. The lowest BCUT2D eigenvalue weighted by molar-refractivity contribution is -0.130. The van der Waals surface area contributed by atoms with E-state index in [-0.39, 0.29) is 11.9 Å². The number of hydrogen-bond donors (Lipinski definition) is 1. The molecule has 0 unspecified atom stereocenters. The third-order valence-corrected chi connectivity index (χ3v) is 6.06. The minimum absolute atomic E-state index is 0.154. The maximum Gasteiger partial charge on any atom is 0.321 e. The van der Waals surface area contributed by atoms with Crippen molar-refractivity contribution in [3.8, 4) is 0 Å². The Morgan fingerprint density at radius 3 is 2.17 bits per heavy atom. The fourth-order valence-corrected chi connectivity index (χ4v) is 4.15. The molecule has 0 bridgehead atoms. The van der Waals surface area contributed by atoms with Crippen molar-refractivity contribution in [2.45, 2.75) is 26.3 Å². The summed E-state index contributed by atoms with van der Waals surface area (Å²) in [5.74, 6) is 2.22. The van der Waals surface area contributed by atoms with Gasteiger partial charge in [0.1, 0.15) is 0 Å². The van der Waals surface area contributed by atoms with Crippen molar-refractivity contribution < 1.29 is 9.59 Å². The van der Waals surface area contributed by atoms with Crippen LogP contribution in [0.1, 0.15) is 23.6 Å². The van der Waals surface area contributed by atoms with Crippen molar-refractivity contribution in [1.29, 1.82) is 0 Å². The second-order valence-electron chi connectivity index (χ2n) is 7.32. The first-order valence-electron chi connectivity index (χ1n) is 10.1. The lowest BCUT2D eigenvalue weighted by atomic mass is 10.1. The number of rotatable bonds is 6. The van der Waals surface area contributed by atoms with Crippen LogP contribution in [-0.2, 0) is 24.2 Å². The topological polar surface area (TPSA) is 52.7 Å². The molecule has 0 spiro atoms. The van der Waals surface area contributed by atoms with E-state index in [0.29, 0.717) is 13.0 Å². The van der Waals surface area contributed by atoms with Gasteiger partial charge in [0.25, 0.3) is 0 Å². The van der Waals surface area contributed by atoms with Crippen LogP contribution in [0, 0.1) is 0 Å². The molecule has 0 atom stereocenters. The fraction of sp³-hybridized carbons (Fsp3) is 0.391. The van der Waals surface area contributed by atoms with Gasteiger partial charge in [0.2, 0.25) is 5.91 Å². The minimum Gasteiger partial charge on any atom is -0.341 e. The maximum atomic E-state index is 12.5. The molecule has 1 fully saturated rings. The van der Waals surface area contributed by atoms with Crippen LogP contribution in [0.25, 0.3) is 0 Å². The molecule has 29 heavy (non-hydrogen) atoms. The molecule has 6 heteroatoms. The zero-order valence-corrected chi connectivity index (χ0v) is 18.0. The average molecular weight is 412 g/mol. The first-order valence-corrected chi connectivity index (χ1v) is 11.2. The number of nitrogens with one attached hydrogen (secondary N) is 1. The lowest BCUT2D eigenvalue weighted by Gasteiger charge is -2.26. The highest BCUT2D eigenvalue weighted by Crippen LogP contribution is 2.15. The van der Waals surface area contributed by atoms with Gasteiger partial charge >= 0.3 is 6.03 Å². The molecule has 3 amide bonds. The van der Waals surface area contributed by atoms with E-state index >= 15 is 0 Å². The molecule has 2 aromatic rings. The summed E-state index contributed by atoms with van der Waals surface area (Å²) in [6.07, 6.45) is 1.42. The Bertz CT molecular complexity index is 815. The van der Waals surface area contributed by atoms with Crippen molar-refractivity contribution in [3.63, 3.8) is 0 Å². The van der Waals surface area contributed by atoms with E-state index in [1.165, 1.54) is 5.56 Å². The number of benzene rings is 2. The van der Waals surface area contributed by atoms with Crippen molar-refractivity contribution >= 4 is 29.4 Å². The highest BCUT2D eigenvalue weighted by Gasteiger charge is 2.17.